The van der Waals surface area contributed by atoms with Gasteiger partial charge in [0, 0.05) is 38.7 Å². The molecule has 0 saturated carbocycles. The van der Waals surface area contributed by atoms with E-state index in [0.717, 1.165) is 39.9 Å². The molecule has 1 aromatic carbocycles. The number of hydrogen-bond donors (Lipinski definition) is 1. The minimum absolute atomic E-state index is 0.0377. The van der Waals surface area contributed by atoms with Crippen molar-refractivity contribution >= 4 is 29.0 Å². The molecule has 0 aliphatic carbocycles. The Kier molecular flexibility index (Phi) is 5.56. The summed E-state index contributed by atoms with van der Waals surface area (Å²) in [4.78, 5) is 19.4. The Hall–Kier alpha value is -4.73. The molecule has 1 aliphatic heterocycles. The van der Waals surface area contributed by atoms with Crippen molar-refractivity contribution in [3.05, 3.63) is 78.4 Å². The third kappa shape index (κ3) is 4.16. The number of ether oxygens (including phenoxy) is 1. The van der Waals surface area contributed by atoms with Crippen molar-refractivity contribution in [3.8, 4) is 16.9 Å². The molecule has 1 amide bonds. The van der Waals surface area contributed by atoms with Gasteiger partial charge < -0.3 is 15.0 Å². The normalized spacial score (nSPS) is 15.2. The number of benzene rings is 1. The summed E-state index contributed by atoms with van der Waals surface area (Å²) in [7, 11) is 5.32. The molecule has 1 N–H and O–H groups in total. The van der Waals surface area contributed by atoms with Crippen LogP contribution < -0.4 is 15.0 Å². The zero-order valence-electron chi connectivity index (χ0n) is 20.8. The van der Waals surface area contributed by atoms with Gasteiger partial charge in [-0.25, -0.2) is 4.98 Å². The number of methoxy groups -OCH3 is 1. The summed E-state index contributed by atoms with van der Waals surface area (Å²) < 4.78 is 9.02. The van der Waals surface area contributed by atoms with Crippen molar-refractivity contribution in [3.63, 3.8) is 0 Å². The van der Waals surface area contributed by atoms with E-state index < -0.39 is 0 Å². The van der Waals surface area contributed by atoms with Gasteiger partial charge in [-0.3, -0.25) is 13.9 Å². The number of aromatic nitrogens is 6. The molecule has 1 atom stereocenters. The van der Waals surface area contributed by atoms with E-state index in [4.69, 9.17) is 4.74 Å². The van der Waals surface area contributed by atoms with Crippen molar-refractivity contribution in [2.24, 2.45) is 7.05 Å². The summed E-state index contributed by atoms with van der Waals surface area (Å²) in [6.07, 6.45) is 4.51. The van der Waals surface area contributed by atoms with Gasteiger partial charge in [0.1, 0.15) is 29.0 Å². The highest BCUT2D eigenvalue weighted by atomic mass is 16.5. The van der Waals surface area contributed by atoms with Crippen LogP contribution in [0.3, 0.4) is 0 Å². The summed E-state index contributed by atoms with van der Waals surface area (Å²) in [5, 5.41) is 16.5. The standard InChI is InChI=1S/C27H26N8O2/c1-33-25-15-19(18-8-10-28-22(13-18)30-23-9-11-29-34(23)2)14-24-31-32-27(35(24)25)20(16-26(33)36)12-17-4-6-21(37-3)7-5-17/h4-11,13-15,20H,12,16H2,1-3H3,(H,28,30)/t20-/m1/s1. The maximum Gasteiger partial charge on any atom is 0.228 e. The molecule has 0 radical (unpaired) electrons. The van der Waals surface area contributed by atoms with E-state index >= 15 is 0 Å². The molecule has 5 heterocycles. The first-order chi connectivity index (χ1) is 18.0. The Bertz CT molecular complexity index is 1600. The predicted octanol–water partition coefficient (Wildman–Crippen LogP) is 3.97. The Morgan fingerprint density at radius 3 is 2.59 bits per heavy atom. The quantitative estimate of drug-likeness (QED) is 0.381. The van der Waals surface area contributed by atoms with E-state index in [1.807, 2.05) is 73.1 Å². The van der Waals surface area contributed by atoms with Crippen molar-refractivity contribution < 1.29 is 9.53 Å². The van der Waals surface area contributed by atoms with Crippen LogP contribution >= 0.6 is 0 Å². The largest absolute Gasteiger partial charge is 0.497 e. The van der Waals surface area contributed by atoms with Crippen LogP contribution in [0.5, 0.6) is 5.75 Å². The van der Waals surface area contributed by atoms with Gasteiger partial charge in [0.15, 0.2) is 5.65 Å². The van der Waals surface area contributed by atoms with Crippen LogP contribution in [0.15, 0.2) is 67.0 Å². The predicted molar refractivity (Wildman–Crippen MR) is 140 cm³/mol. The van der Waals surface area contributed by atoms with E-state index in [-0.39, 0.29) is 11.8 Å². The van der Waals surface area contributed by atoms with Crippen LogP contribution in [-0.4, -0.2) is 49.4 Å². The first-order valence-corrected chi connectivity index (χ1v) is 12.0. The second-order valence-electron chi connectivity index (χ2n) is 9.15. The molecule has 10 heteroatoms. The highest BCUT2D eigenvalue weighted by Crippen LogP contribution is 2.35. The van der Waals surface area contributed by atoms with E-state index in [0.29, 0.717) is 24.3 Å². The summed E-state index contributed by atoms with van der Waals surface area (Å²) in [5.74, 6) is 3.81. The molecule has 37 heavy (non-hydrogen) atoms. The van der Waals surface area contributed by atoms with Crippen LogP contribution in [0, 0.1) is 0 Å². The first kappa shape index (κ1) is 22.7. The van der Waals surface area contributed by atoms with Crippen molar-refractivity contribution in [1.82, 2.24) is 29.4 Å². The number of rotatable bonds is 6. The Morgan fingerprint density at radius 2 is 1.84 bits per heavy atom. The molecule has 0 spiro atoms. The molecule has 0 bridgehead atoms. The molecule has 6 rings (SSSR count). The van der Waals surface area contributed by atoms with Crippen molar-refractivity contribution in [1.29, 1.82) is 0 Å². The molecule has 4 aromatic heterocycles. The van der Waals surface area contributed by atoms with Gasteiger partial charge in [0.05, 0.1) is 13.3 Å². The van der Waals surface area contributed by atoms with Gasteiger partial charge in [-0.05, 0) is 59.5 Å². The van der Waals surface area contributed by atoms with Gasteiger partial charge in [0.25, 0.3) is 0 Å². The molecule has 5 aromatic rings. The van der Waals surface area contributed by atoms with Crippen LogP contribution in [0.1, 0.15) is 23.7 Å². The van der Waals surface area contributed by atoms with Crippen molar-refractivity contribution in [2.75, 3.05) is 24.4 Å². The molecule has 0 fully saturated rings. The maximum absolute atomic E-state index is 13.2. The number of nitrogens with zero attached hydrogens (tertiary/aromatic N) is 7. The number of pyridine rings is 2. The molecule has 0 saturated heterocycles. The fourth-order valence-corrected chi connectivity index (χ4v) is 4.78. The van der Waals surface area contributed by atoms with E-state index in [2.05, 4.69) is 25.6 Å². The van der Waals surface area contributed by atoms with Gasteiger partial charge in [-0.2, -0.15) is 5.10 Å². The smallest absolute Gasteiger partial charge is 0.228 e. The molecular weight excluding hydrogens is 468 g/mol. The molecule has 0 unspecified atom stereocenters. The monoisotopic (exact) mass is 494 g/mol. The second-order valence-corrected chi connectivity index (χ2v) is 9.15. The number of carbonyl (C=O) groups is 1. The summed E-state index contributed by atoms with van der Waals surface area (Å²) in [5.41, 5.74) is 3.68. The third-order valence-electron chi connectivity index (χ3n) is 6.83. The lowest BCUT2D eigenvalue weighted by Crippen LogP contribution is -2.27. The average molecular weight is 495 g/mol. The molecular formula is C27H26N8O2. The summed E-state index contributed by atoms with van der Waals surface area (Å²) in [6, 6.07) is 17.7. The Labute approximate surface area is 213 Å². The lowest BCUT2D eigenvalue weighted by Gasteiger charge is -2.18. The lowest BCUT2D eigenvalue weighted by atomic mass is 9.95. The van der Waals surface area contributed by atoms with Crippen LogP contribution in [0.25, 0.3) is 16.8 Å². The van der Waals surface area contributed by atoms with E-state index in [9.17, 15) is 4.79 Å². The minimum Gasteiger partial charge on any atom is -0.497 e. The van der Waals surface area contributed by atoms with Gasteiger partial charge >= 0.3 is 0 Å². The third-order valence-corrected chi connectivity index (χ3v) is 6.83. The fourth-order valence-electron chi connectivity index (χ4n) is 4.78. The van der Waals surface area contributed by atoms with Crippen LogP contribution in [0.2, 0.25) is 0 Å². The Morgan fingerprint density at radius 1 is 1.00 bits per heavy atom. The second kappa shape index (κ2) is 9.05. The topological polar surface area (TPSA) is 102 Å². The number of aryl methyl sites for hydroxylation is 1. The average Bonchev–Trinajstić information content (AvgIpc) is 3.51. The van der Waals surface area contributed by atoms with Gasteiger partial charge in [0.2, 0.25) is 5.91 Å². The first-order valence-electron chi connectivity index (χ1n) is 12.0. The zero-order valence-corrected chi connectivity index (χ0v) is 20.8. The van der Waals surface area contributed by atoms with E-state index in [1.165, 1.54) is 0 Å². The fraction of sp³-hybridized carbons (Fsp3) is 0.222. The number of carbonyl (C=O) groups excluding carboxylic acids is 1. The molecule has 10 nitrogen and oxygen atoms in total. The minimum atomic E-state index is -0.0962. The zero-order chi connectivity index (χ0) is 25.5. The highest BCUT2D eigenvalue weighted by molar-refractivity contribution is 5.94. The maximum atomic E-state index is 13.2. The number of amides is 1. The lowest BCUT2D eigenvalue weighted by molar-refractivity contribution is -0.118. The van der Waals surface area contributed by atoms with Gasteiger partial charge in [-0.1, -0.05) is 12.1 Å². The number of nitrogens with one attached hydrogen (secondary N) is 1. The number of hydrogen-bond acceptors (Lipinski definition) is 7. The highest BCUT2D eigenvalue weighted by Gasteiger charge is 2.30. The van der Waals surface area contributed by atoms with Gasteiger partial charge in [-0.15, -0.1) is 10.2 Å². The van der Waals surface area contributed by atoms with Crippen LogP contribution in [0.4, 0.5) is 17.5 Å². The van der Waals surface area contributed by atoms with Crippen molar-refractivity contribution in [2.45, 2.75) is 18.8 Å². The van der Waals surface area contributed by atoms with E-state index in [1.54, 1.807) is 29.1 Å². The summed E-state index contributed by atoms with van der Waals surface area (Å²) >= 11 is 0. The molecule has 186 valence electrons. The molecule has 1 aliphatic rings. The summed E-state index contributed by atoms with van der Waals surface area (Å²) in [6.45, 7) is 0. The van der Waals surface area contributed by atoms with Crippen LogP contribution in [-0.2, 0) is 18.3 Å². The SMILES string of the molecule is COc1ccc(C[C@@H]2CC(=O)N(C)c3cc(-c4ccnc(Nc5ccnn5C)c4)cc4nnc2n34)cc1. The Balaban J connectivity index is 1.38. The number of anilines is 3.